The van der Waals surface area contributed by atoms with Crippen LogP contribution in [0.3, 0.4) is 0 Å². The second-order valence-electron chi connectivity index (χ2n) is 3.87. The van der Waals surface area contributed by atoms with Crippen LogP contribution in [0, 0.1) is 4.91 Å². The Balaban J connectivity index is 3.25. The van der Waals surface area contributed by atoms with E-state index in [9.17, 15) is 9.70 Å². The Morgan fingerprint density at radius 1 is 1.25 bits per heavy atom. The molecule has 0 bridgehead atoms. The van der Waals surface area contributed by atoms with Gasteiger partial charge in [0.25, 0.3) is 0 Å². The molecule has 0 saturated carbocycles. The average Bonchev–Trinajstić information content (AvgIpc) is 2.26. The largest absolute Gasteiger partial charge is 0.481 e. The summed E-state index contributed by atoms with van der Waals surface area (Å²) in [5, 5.41) is 11.2. The third-order valence-corrected chi connectivity index (χ3v) is 2.53. The highest BCUT2D eigenvalue weighted by Crippen LogP contribution is 2.10. The molecule has 0 aromatic rings. The zero-order valence-corrected chi connectivity index (χ0v) is 9.85. The first-order chi connectivity index (χ1) is 7.70. The number of methoxy groups -OCH3 is 1. The van der Waals surface area contributed by atoms with Gasteiger partial charge in [0.15, 0.2) is 0 Å². The van der Waals surface area contributed by atoms with Gasteiger partial charge in [0.2, 0.25) is 0 Å². The number of ether oxygens (including phenoxy) is 1. The number of aliphatic carboxylic acids is 1. The highest BCUT2D eigenvalue weighted by molar-refractivity contribution is 5.66. The molecule has 0 spiro atoms. The van der Waals surface area contributed by atoms with E-state index in [1.165, 1.54) is 0 Å². The van der Waals surface area contributed by atoms with Gasteiger partial charge in [-0.05, 0) is 12.8 Å². The fourth-order valence-corrected chi connectivity index (χ4v) is 1.55. The lowest BCUT2D eigenvalue weighted by atomic mass is 10.1. The minimum Gasteiger partial charge on any atom is -0.481 e. The van der Waals surface area contributed by atoms with Crippen LogP contribution >= 0.6 is 0 Å². The van der Waals surface area contributed by atoms with Crippen LogP contribution in [0.4, 0.5) is 0 Å². The number of hydrogen-bond acceptors (Lipinski definition) is 4. The van der Waals surface area contributed by atoms with Gasteiger partial charge >= 0.3 is 5.97 Å². The van der Waals surface area contributed by atoms with Gasteiger partial charge in [0, 0.05) is 13.5 Å². The van der Waals surface area contributed by atoms with Crippen molar-refractivity contribution in [1.29, 1.82) is 0 Å². The molecule has 0 fully saturated rings. The van der Waals surface area contributed by atoms with E-state index in [-0.39, 0.29) is 19.1 Å². The van der Waals surface area contributed by atoms with Gasteiger partial charge < -0.3 is 9.84 Å². The van der Waals surface area contributed by atoms with Gasteiger partial charge in [-0.15, -0.1) is 0 Å². The molecule has 0 amide bonds. The third kappa shape index (κ3) is 9.58. The van der Waals surface area contributed by atoms with E-state index in [2.05, 4.69) is 5.18 Å². The van der Waals surface area contributed by atoms with Crippen molar-refractivity contribution in [3.63, 3.8) is 0 Å². The summed E-state index contributed by atoms with van der Waals surface area (Å²) in [6.45, 7) is 0.218. The number of nitrogens with zero attached hydrogens (tertiary/aromatic N) is 1. The summed E-state index contributed by atoms with van der Waals surface area (Å²) in [5.74, 6) is -0.725. The zero-order chi connectivity index (χ0) is 12.2. The molecule has 0 aromatic carbocycles. The van der Waals surface area contributed by atoms with Gasteiger partial charge in [0.1, 0.15) is 6.54 Å². The number of unbranched alkanes of at least 4 members (excludes halogenated alkanes) is 4. The van der Waals surface area contributed by atoms with Crippen molar-refractivity contribution in [3.05, 3.63) is 4.91 Å². The Bertz CT molecular complexity index is 196. The van der Waals surface area contributed by atoms with Crippen molar-refractivity contribution in [2.45, 2.75) is 51.0 Å². The molecule has 0 saturated heterocycles. The summed E-state index contributed by atoms with van der Waals surface area (Å²) in [7, 11) is 1.59. The standard InChI is InChI=1S/C11H21NO4/c1-16-10(9-12-15)7-5-3-2-4-6-8-11(13)14/h10H,2-9H2,1H3,(H,13,14). The van der Waals surface area contributed by atoms with Crippen LogP contribution in [-0.4, -0.2) is 30.8 Å². The first-order valence-electron chi connectivity index (χ1n) is 5.74. The van der Waals surface area contributed by atoms with Gasteiger partial charge in [0.05, 0.1) is 6.10 Å². The lowest BCUT2D eigenvalue weighted by Crippen LogP contribution is -2.13. The van der Waals surface area contributed by atoms with E-state index in [1.54, 1.807) is 7.11 Å². The molecule has 94 valence electrons. The molecular weight excluding hydrogens is 210 g/mol. The molecule has 0 rings (SSSR count). The maximum Gasteiger partial charge on any atom is 0.303 e. The van der Waals surface area contributed by atoms with E-state index in [0.29, 0.717) is 0 Å². The minimum atomic E-state index is -0.725. The summed E-state index contributed by atoms with van der Waals surface area (Å²) in [6.07, 6.45) is 5.85. The Morgan fingerprint density at radius 3 is 2.44 bits per heavy atom. The van der Waals surface area contributed by atoms with Gasteiger partial charge in [-0.2, -0.15) is 4.91 Å². The van der Waals surface area contributed by atoms with Crippen LogP contribution in [0.25, 0.3) is 0 Å². The highest BCUT2D eigenvalue weighted by atomic mass is 16.5. The van der Waals surface area contributed by atoms with E-state index >= 15 is 0 Å². The summed E-state index contributed by atoms with van der Waals surface area (Å²) < 4.78 is 5.08. The number of hydrogen-bond donors (Lipinski definition) is 1. The topological polar surface area (TPSA) is 76.0 Å². The van der Waals surface area contributed by atoms with Crippen LogP contribution in [-0.2, 0) is 9.53 Å². The smallest absolute Gasteiger partial charge is 0.303 e. The molecule has 0 radical (unpaired) electrons. The number of carboxylic acid groups (broad SMARTS) is 1. The lowest BCUT2D eigenvalue weighted by Gasteiger charge is -2.10. The molecule has 1 N–H and O–H groups in total. The van der Waals surface area contributed by atoms with Crippen LogP contribution in [0.15, 0.2) is 5.18 Å². The summed E-state index contributed by atoms with van der Waals surface area (Å²) in [4.78, 5) is 20.3. The van der Waals surface area contributed by atoms with Crippen molar-refractivity contribution >= 4 is 5.97 Å². The first kappa shape index (κ1) is 15.0. The van der Waals surface area contributed by atoms with Gasteiger partial charge in [-0.1, -0.05) is 30.9 Å². The van der Waals surface area contributed by atoms with Gasteiger partial charge in [-0.25, -0.2) is 0 Å². The van der Waals surface area contributed by atoms with Gasteiger partial charge in [-0.3, -0.25) is 4.79 Å². The summed E-state index contributed by atoms with van der Waals surface area (Å²) >= 11 is 0. The fourth-order valence-electron chi connectivity index (χ4n) is 1.55. The lowest BCUT2D eigenvalue weighted by molar-refractivity contribution is -0.137. The number of rotatable bonds is 11. The van der Waals surface area contributed by atoms with Crippen molar-refractivity contribution < 1.29 is 14.6 Å². The van der Waals surface area contributed by atoms with Crippen LogP contribution in [0.1, 0.15) is 44.9 Å². The number of nitroso groups, excluding NO2 is 1. The molecule has 5 heteroatoms. The molecule has 16 heavy (non-hydrogen) atoms. The SMILES string of the molecule is COC(CCCCCCCC(=O)O)CN=O. The second-order valence-corrected chi connectivity index (χ2v) is 3.87. The monoisotopic (exact) mass is 231 g/mol. The Hall–Kier alpha value is -0.970. The Kier molecular flexibility index (Phi) is 9.91. The molecule has 1 unspecified atom stereocenters. The van der Waals surface area contributed by atoms with Crippen molar-refractivity contribution in [2.75, 3.05) is 13.7 Å². The van der Waals surface area contributed by atoms with Crippen molar-refractivity contribution in [3.8, 4) is 0 Å². The second kappa shape index (κ2) is 10.5. The summed E-state index contributed by atoms with van der Waals surface area (Å²) in [6, 6.07) is 0. The molecule has 1 atom stereocenters. The van der Waals surface area contributed by atoms with Crippen molar-refractivity contribution in [2.24, 2.45) is 5.18 Å². The maximum absolute atomic E-state index is 10.2. The Labute approximate surface area is 96.2 Å². The minimum absolute atomic E-state index is 0.0588. The third-order valence-electron chi connectivity index (χ3n) is 2.53. The predicted molar refractivity (Wildman–Crippen MR) is 61.4 cm³/mol. The molecule has 0 aliphatic rings. The van der Waals surface area contributed by atoms with Crippen LogP contribution < -0.4 is 0 Å². The quantitative estimate of drug-likeness (QED) is 0.438. The number of carbonyl (C=O) groups is 1. The molecule has 0 aliphatic carbocycles. The predicted octanol–water partition coefficient (Wildman–Crippen LogP) is 2.58. The van der Waals surface area contributed by atoms with Crippen LogP contribution in [0.2, 0.25) is 0 Å². The molecule has 5 nitrogen and oxygen atoms in total. The molecule has 0 aliphatic heterocycles. The molecular formula is C11H21NO4. The maximum atomic E-state index is 10.2. The molecule has 0 aromatic heterocycles. The van der Waals surface area contributed by atoms with E-state index < -0.39 is 5.97 Å². The zero-order valence-electron chi connectivity index (χ0n) is 9.85. The molecule has 0 heterocycles. The average molecular weight is 231 g/mol. The van der Waals surface area contributed by atoms with E-state index in [0.717, 1.165) is 38.5 Å². The van der Waals surface area contributed by atoms with Crippen LogP contribution in [0.5, 0.6) is 0 Å². The fraction of sp³-hybridized carbons (Fsp3) is 0.909. The number of carboxylic acids is 1. The van der Waals surface area contributed by atoms with E-state index in [1.807, 2.05) is 0 Å². The normalized spacial score (nSPS) is 12.3. The summed E-state index contributed by atoms with van der Waals surface area (Å²) in [5.41, 5.74) is 0. The highest BCUT2D eigenvalue weighted by Gasteiger charge is 2.06. The first-order valence-corrected chi connectivity index (χ1v) is 5.74. The Morgan fingerprint density at radius 2 is 1.88 bits per heavy atom. The van der Waals surface area contributed by atoms with Crippen molar-refractivity contribution in [1.82, 2.24) is 0 Å². The van der Waals surface area contributed by atoms with E-state index in [4.69, 9.17) is 9.84 Å².